The van der Waals surface area contributed by atoms with Gasteiger partial charge >= 0.3 is 0 Å². The first-order valence-electron chi connectivity index (χ1n) is 4.37. The van der Waals surface area contributed by atoms with Crippen molar-refractivity contribution in [2.75, 3.05) is 0 Å². The van der Waals surface area contributed by atoms with Crippen LogP contribution in [0.25, 0.3) is 0 Å². The van der Waals surface area contributed by atoms with Crippen molar-refractivity contribution in [3.63, 3.8) is 0 Å². The number of nitrogens with zero attached hydrogens (tertiary/aromatic N) is 3. The van der Waals surface area contributed by atoms with Gasteiger partial charge in [-0.15, -0.1) is 0 Å². The van der Waals surface area contributed by atoms with Crippen LogP contribution >= 0.6 is 0 Å². The molecule has 2 heterocycles. The summed E-state index contributed by atoms with van der Waals surface area (Å²) in [6.07, 6.45) is 5.75. The van der Waals surface area contributed by atoms with Crippen LogP contribution in [0.3, 0.4) is 0 Å². The molecular weight excluding hydrogens is 178 g/mol. The second-order valence-corrected chi connectivity index (χ2v) is 3.00. The average Bonchev–Trinajstić information content (AvgIpc) is 2.72. The van der Waals surface area contributed by atoms with E-state index in [1.807, 2.05) is 6.07 Å². The summed E-state index contributed by atoms with van der Waals surface area (Å²) in [6.45, 7) is 0. The van der Waals surface area contributed by atoms with Crippen molar-refractivity contribution in [1.29, 1.82) is 0 Å². The van der Waals surface area contributed by atoms with E-state index in [4.69, 9.17) is 5.73 Å². The molecule has 2 aromatic rings. The van der Waals surface area contributed by atoms with Crippen LogP contribution in [-0.4, -0.2) is 20.2 Å². The maximum atomic E-state index is 5.91. The Balaban J connectivity index is 2.07. The molecule has 14 heavy (non-hydrogen) atoms. The first-order chi connectivity index (χ1) is 6.86. The molecule has 3 N–H and O–H groups in total. The summed E-state index contributed by atoms with van der Waals surface area (Å²) in [5.74, 6) is 0.655. The van der Waals surface area contributed by atoms with Gasteiger partial charge in [-0.3, -0.25) is 5.10 Å². The second-order valence-electron chi connectivity index (χ2n) is 3.00. The first-order valence-corrected chi connectivity index (χ1v) is 4.37. The minimum atomic E-state index is -0.184. The molecule has 5 nitrogen and oxygen atoms in total. The molecule has 0 amide bonds. The highest BCUT2D eigenvalue weighted by molar-refractivity contribution is 5.04. The summed E-state index contributed by atoms with van der Waals surface area (Å²) in [6, 6.07) is 3.48. The molecule has 0 radical (unpaired) electrons. The van der Waals surface area contributed by atoms with Crippen molar-refractivity contribution >= 4 is 0 Å². The van der Waals surface area contributed by atoms with Crippen LogP contribution in [0, 0.1) is 0 Å². The van der Waals surface area contributed by atoms with Gasteiger partial charge in [0.05, 0.1) is 6.04 Å². The third-order valence-corrected chi connectivity index (χ3v) is 1.92. The van der Waals surface area contributed by atoms with E-state index < -0.39 is 0 Å². The van der Waals surface area contributed by atoms with Gasteiger partial charge in [0.25, 0.3) is 0 Å². The van der Waals surface area contributed by atoms with Crippen LogP contribution in [0.4, 0.5) is 0 Å². The van der Waals surface area contributed by atoms with E-state index in [1.165, 1.54) is 0 Å². The average molecular weight is 189 g/mol. The molecule has 0 saturated carbocycles. The molecule has 2 aromatic heterocycles. The first kappa shape index (κ1) is 8.83. The summed E-state index contributed by atoms with van der Waals surface area (Å²) in [7, 11) is 0. The van der Waals surface area contributed by atoms with Crippen LogP contribution < -0.4 is 5.73 Å². The van der Waals surface area contributed by atoms with Gasteiger partial charge in [0.15, 0.2) is 0 Å². The summed E-state index contributed by atoms with van der Waals surface area (Å²) < 4.78 is 0. The Kier molecular flexibility index (Phi) is 2.51. The summed E-state index contributed by atoms with van der Waals surface area (Å²) in [4.78, 5) is 8.18. The molecule has 0 aliphatic heterocycles. The monoisotopic (exact) mass is 189 g/mol. The highest BCUT2D eigenvalue weighted by atomic mass is 15.1. The Morgan fingerprint density at radius 2 is 2.07 bits per heavy atom. The molecule has 0 saturated heterocycles. The Bertz CT molecular complexity index is 369. The Morgan fingerprint density at radius 1 is 1.29 bits per heavy atom. The second kappa shape index (κ2) is 3.97. The minimum absolute atomic E-state index is 0.184. The zero-order valence-corrected chi connectivity index (χ0v) is 7.59. The molecule has 0 spiro atoms. The Hall–Kier alpha value is -1.75. The molecule has 0 aliphatic rings. The smallest absolute Gasteiger partial charge is 0.145 e. The normalized spacial score (nSPS) is 12.6. The fraction of sp³-hybridized carbons (Fsp3) is 0.222. The van der Waals surface area contributed by atoms with Gasteiger partial charge < -0.3 is 5.73 Å². The summed E-state index contributed by atoms with van der Waals surface area (Å²) in [5, 5.41) is 6.70. The highest BCUT2D eigenvalue weighted by Crippen LogP contribution is 2.08. The van der Waals surface area contributed by atoms with Gasteiger partial charge in [0.2, 0.25) is 0 Å². The zero-order valence-electron chi connectivity index (χ0n) is 7.59. The number of H-pyrrole nitrogens is 1. The molecule has 0 aliphatic carbocycles. The number of hydrogen-bond donors (Lipinski definition) is 2. The topological polar surface area (TPSA) is 80.5 Å². The van der Waals surface area contributed by atoms with Crippen molar-refractivity contribution in [1.82, 2.24) is 20.2 Å². The SMILES string of the molecule is NC(Cc1ccn[nH]1)c1ncccn1. The molecule has 5 heteroatoms. The molecule has 1 unspecified atom stereocenters. The number of aromatic nitrogens is 4. The number of aromatic amines is 1. The predicted molar refractivity (Wildman–Crippen MR) is 51.3 cm³/mol. The number of rotatable bonds is 3. The highest BCUT2D eigenvalue weighted by Gasteiger charge is 2.09. The largest absolute Gasteiger partial charge is 0.321 e. The molecular formula is C9H11N5. The van der Waals surface area contributed by atoms with Gasteiger partial charge in [-0.1, -0.05) is 0 Å². The Morgan fingerprint density at radius 3 is 2.71 bits per heavy atom. The number of nitrogens with one attached hydrogen (secondary N) is 1. The lowest BCUT2D eigenvalue weighted by atomic mass is 10.1. The van der Waals surface area contributed by atoms with E-state index in [1.54, 1.807) is 24.7 Å². The number of nitrogens with two attached hydrogens (primary N) is 1. The maximum absolute atomic E-state index is 5.91. The quantitative estimate of drug-likeness (QED) is 0.734. The molecule has 2 rings (SSSR count). The molecule has 0 aromatic carbocycles. The van der Waals surface area contributed by atoms with E-state index in [0.717, 1.165) is 5.69 Å². The molecule has 0 bridgehead atoms. The van der Waals surface area contributed by atoms with Crippen molar-refractivity contribution in [3.05, 3.63) is 42.2 Å². The van der Waals surface area contributed by atoms with Crippen LogP contribution in [-0.2, 0) is 6.42 Å². The van der Waals surface area contributed by atoms with E-state index >= 15 is 0 Å². The van der Waals surface area contributed by atoms with E-state index in [0.29, 0.717) is 12.2 Å². The lowest BCUT2D eigenvalue weighted by molar-refractivity contribution is 0.654. The maximum Gasteiger partial charge on any atom is 0.145 e. The van der Waals surface area contributed by atoms with Crippen molar-refractivity contribution < 1.29 is 0 Å². The van der Waals surface area contributed by atoms with Crippen LogP contribution in [0.5, 0.6) is 0 Å². The standard InChI is InChI=1S/C9H11N5/c10-8(6-7-2-5-13-14-7)9-11-3-1-4-12-9/h1-5,8H,6,10H2,(H,13,14). The summed E-state index contributed by atoms with van der Waals surface area (Å²) >= 11 is 0. The van der Waals surface area contributed by atoms with Crippen molar-refractivity contribution in [2.45, 2.75) is 12.5 Å². The fourth-order valence-corrected chi connectivity index (χ4v) is 1.23. The lowest BCUT2D eigenvalue weighted by Gasteiger charge is -2.07. The van der Waals surface area contributed by atoms with Crippen molar-refractivity contribution in [3.8, 4) is 0 Å². The van der Waals surface area contributed by atoms with E-state index in [-0.39, 0.29) is 6.04 Å². The number of hydrogen-bond acceptors (Lipinski definition) is 4. The van der Waals surface area contributed by atoms with Crippen LogP contribution in [0.2, 0.25) is 0 Å². The fourth-order valence-electron chi connectivity index (χ4n) is 1.23. The van der Waals surface area contributed by atoms with Crippen molar-refractivity contribution in [2.24, 2.45) is 5.73 Å². The lowest BCUT2D eigenvalue weighted by Crippen LogP contribution is -2.16. The third-order valence-electron chi connectivity index (χ3n) is 1.92. The van der Waals surface area contributed by atoms with E-state index in [9.17, 15) is 0 Å². The van der Waals surface area contributed by atoms with Gasteiger partial charge in [0.1, 0.15) is 5.82 Å². The van der Waals surface area contributed by atoms with Gasteiger partial charge in [-0.05, 0) is 12.1 Å². The summed E-state index contributed by atoms with van der Waals surface area (Å²) in [5.41, 5.74) is 6.90. The van der Waals surface area contributed by atoms with Gasteiger partial charge in [-0.25, -0.2) is 9.97 Å². The van der Waals surface area contributed by atoms with Crippen LogP contribution in [0.1, 0.15) is 17.6 Å². The molecule has 72 valence electrons. The van der Waals surface area contributed by atoms with Crippen LogP contribution in [0.15, 0.2) is 30.7 Å². The Labute approximate surface area is 81.4 Å². The van der Waals surface area contributed by atoms with Gasteiger partial charge in [0, 0.05) is 30.7 Å². The van der Waals surface area contributed by atoms with E-state index in [2.05, 4.69) is 20.2 Å². The third kappa shape index (κ3) is 1.94. The predicted octanol–water partition coefficient (Wildman–Crippen LogP) is 0.442. The molecule has 0 fully saturated rings. The minimum Gasteiger partial charge on any atom is -0.321 e. The van der Waals surface area contributed by atoms with Gasteiger partial charge in [-0.2, -0.15) is 5.10 Å². The molecule has 1 atom stereocenters. The zero-order chi connectivity index (χ0) is 9.80.